The van der Waals surface area contributed by atoms with Crippen LogP contribution in [-0.4, -0.2) is 45.0 Å². The smallest absolute Gasteiger partial charge is 0.154 e. The van der Waals surface area contributed by atoms with Gasteiger partial charge < -0.3 is 10.1 Å². The molecule has 2 aliphatic rings. The summed E-state index contributed by atoms with van der Waals surface area (Å²) >= 11 is 0. The van der Waals surface area contributed by atoms with Crippen molar-refractivity contribution in [1.29, 1.82) is 0 Å². The van der Waals surface area contributed by atoms with E-state index in [1.54, 1.807) is 12.1 Å². The molecule has 1 N–H and O–H groups in total. The zero-order valence-corrected chi connectivity index (χ0v) is 12.3. The molecule has 1 unspecified atom stereocenters. The van der Waals surface area contributed by atoms with E-state index in [-0.39, 0.29) is 11.5 Å². The van der Waals surface area contributed by atoms with Crippen LogP contribution >= 0.6 is 0 Å². The maximum absolute atomic E-state index is 14.1. The van der Waals surface area contributed by atoms with Crippen molar-refractivity contribution in [3.8, 4) is 5.75 Å². The highest BCUT2D eigenvalue weighted by molar-refractivity contribution is 7.91. The molecule has 2 heterocycles. The third-order valence-electron chi connectivity index (χ3n) is 3.59. The van der Waals surface area contributed by atoms with E-state index in [0.29, 0.717) is 30.1 Å². The maximum atomic E-state index is 14.1. The Morgan fingerprint density at radius 3 is 2.90 bits per heavy atom. The van der Waals surface area contributed by atoms with Gasteiger partial charge in [0.25, 0.3) is 0 Å². The molecule has 0 spiro atoms. The van der Waals surface area contributed by atoms with Gasteiger partial charge in [0, 0.05) is 13.1 Å². The zero-order valence-electron chi connectivity index (χ0n) is 11.5. The van der Waals surface area contributed by atoms with E-state index in [0.717, 1.165) is 13.0 Å². The largest absolute Gasteiger partial charge is 0.488 e. The maximum Gasteiger partial charge on any atom is 0.154 e. The minimum atomic E-state index is -3.03. The summed E-state index contributed by atoms with van der Waals surface area (Å²) in [5.74, 6) is 0.534. The van der Waals surface area contributed by atoms with Crippen LogP contribution in [0, 0.1) is 5.82 Å². The summed E-state index contributed by atoms with van der Waals surface area (Å²) in [6, 6.07) is 4.57. The molecule has 0 bridgehead atoms. The highest BCUT2D eigenvalue weighted by Gasteiger charge is 2.30. The Bertz CT molecular complexity index is 673. The fraction of sp³-hybridized carbons (Fsp3) is 0.500. The molecule has 114 valence electrons. The molecule has 7 heteroatoms. The fourth-order valence-corrected chi connectivity index (χ4v) is 4.16. The topological polar surface area (TPSA) is 67.8 Å². The number of sulfone groups is 1. The second-order valence-corrected chi connectivity index (χ2v) is 7.50. The zero-order chi connectivity index (χ0) is 14.9. The first-order valence-corrected chi connectivity index (χ1v) is 8.81. The summed E-state index contributed by atoms with van der Waals surface area (Å²) in [7, 11) is -3.03. The Balaban J connectivity index is 1.88. The predicted octanol–water partition coefficient (Wildman–Crippen LogP) is 1.13. The minimum absolute atomic E-state index is 0.0111. The van der Waals surface area contributed by atoms with Crippen molar-refractivity contribution in [2.45, 2.75) is 18.9 Å². The molecule has 1 saturated heterocycles. The van der Waals surface area contributed by atoms with Gasteiger partial charge in [-0.1, -0.05) is 6.07 Å². The molecule has 2 aliphatic heterocycles. The van der Waals surface area contributed by atoms with Gasteiger partial charge in [-0.3, -0.25) is 4.99 Å². The second-order valence-electron chi connectivity index (χ2n) is 5.27. The Morgan fingerprint density at radius 2 is 2.24 bits per heavy atom. The van der Waals surface area contributed by atoms with Gasteiger partial charge in [0.2, 0.25) is 0 Å². The van der Waals surface area contributed by atoms with Crippen molar-refractivity contribution < 1.29 is 17.5 Å². The highest BCUT2D eigenvalue weighted by atomic mass is 32.2. The molecular weight excluding hydrogens is 295 g/mol. The van der Waals surface area contributed by atoms with Crippen LogP contribution in [0.1, 0.15) is 18.4 Å². The number of hydrogen-bond donors (Lipinski definition) is 1. The highest BCUT2D eigenvalue weighted by Crippen LogP contribution is 2.26. The minimum Gasteiger partial charge on any atom is -0.488 e. The van der Waals surface area contributed by atoms with Crippen LogP contribution in [0.4, 0.5) is 4.39 Å². The first-order valence-electron chi connectivity index (χ1n) is 6.99. The SMILES string of the molecule is O=S1(=O)CCC(Oc2cccc(F)c2C2=NCCCN2)C1. The number of halogens is 1. The summed E-state index contributed by atoms with van der Waals surface area (Å²) in [4.78, 5) is 4.29. The molecule has 1 fully saturated rings. The molecule has 21 heavy (non-hydrogen) atoms. The first kappa shape index (κ1) is 14.3. The predicted molar refractivity (Wildman–Crippen MR) is 78.1 cm³/mol. The molecule has 0 aliphatic carbocycles. The van der Waals surface area contributed by atoms with E-state index in [1.165, 1.54) is 6.07 Å². The monoisotopic (exact) mass is 312 g/mol. The molecule has 1 atom stereocenters. The lowest BCUT2D eigenvalue weighted by molar-refractivity contribution is 0.227. The van der Waals surface area contributed by atoms with Crippen molar-refractivity contribution in [2.75, 3.05) is 24.6 Å². The number of rotatable bonds is 3. The summed E-state index contributed by atoms with van der Waals surface area (Å²) in [5.41, 5.74) is 0.293. The number of aliphatic imine (C=N–C) groups is 1. The number of benzene rings is 1. The summed E-state index contributed by atoms with van der Waals surface area (Å²) in [6.45, 7) is 1.39. The van der Waals surface area contributed by atoms with Gasteiger partial charge in [-0.15, -0.1) is 0 Å². The molecule has 0 amide bonds. The summed E-state index contributed by atoms with van der Waals surface area (Å²) in [5, 5.41) is 3.07. The van der Waals surface area contributed by atoms with Crippen molar-refractivity contribution in [2.24, 2.45) is 4.99 Å². The standard InChI is InChI=1S/C14H17FN2O3S/c15-11-3-1-4-12(13(11)14-16-6-2-7-17-14)20-10-5-8-21(18,19)9-10/h1,3-4,10H,2,5-9H2,(H,16,17). The average molecular weight is 312 g/mol. The van der Waals surface area contributed by atoms with Gasteiger partial charge in [0.05, 0.1) is 17.1 Å². The van der Waals surface area contributed by atoms with Crippen molar-refractivity contribution in [1.82, 2.24) is 5.32 Å². The van der Waals surface area contributed by atoms with Gasteiger partial charge in [-0.25, -0.2) is 12.8 Å². The van der Waals surface area contributed by atoms with Crippen molar-refractivity contribution in [3.63, 3.8) is 0 Å². The Morgan fingerprint density at radius 1 is 1.38 bits per heavy atom. The van der Waals surface area contributed by atoms with E-state index in [9.17, 15) is 12.8 Å². The van der Waals surface area contributed by atoms with Gasteiger partial charge >= 0.3 is 0 Å². The molecule has 0 saturated carbocycles. The van der Waals surface area contributed by atoms with E-state index in [4.69, 9.17) is 4.74 Å². The number of hydrogen-bond acceptors (Lipinski definition) is 5. The number of ether oxygens (including phenoxy) is 1. The third-order valence-corrected chi connectivity index (χ3v) is 5.33. The normalized spacial score (nSPS) is 24.2. The van der Waals surface area contributed by atoms with E-state index < -0.39 is 21.8 Å². The van der Waals surface area contributed by atoms with Crippen molar-refractivity contribution >= 4 is 15.7 Å². The van der Waals surface area contributed by atoms with E-state index >= 15 is 0 Å². The lowest BCUT2D eigenvalue weighted by atomic mass is 10.1. The van der Waals surface area contributed by atoms with Gasteiger partial charge in [0.15, 0.2) is 9.84 Å². The fourth-order valence-electron chi connectivity index (χ4n) is 2.57. The van der Waals surface area contributed by atoms with Crippen LogP contribution < -0.4 is 10.1 Å². The Hall–Kier alpha value is -1.63. The molecule has 1 aromatic carbocycles. The number of nitrogens with zero attached hydrogens (tertiary/aromatic N) is 1. The molecule has 5 nitrogen and oxygen atoms in total. The van der Waals surface area contributed by atoms with Crippen LogP contribution in [-0.2, 0) is 9.84 Å². The average Bonchev–Trinajstić information content (AvgIpc) is 2.79. The van der Waals surface area contributed by atoms with Gasteiger partial charge in [0.1, 0.15) is 23.5 Å². The molecule has 0 radical (unpaired) electrons. The number of nitrogens with one attached hydrogen (secondary N) is 1. The van der Waals surface area contributed by atoms with Gasteiger partial charge in [-0.2, -0.15) is 0 Å². The van der Waals surface area contributed by atoms with E-state index in [2.05, 4.69) is 10.3 Å². The molecule has 3 rings (SSSR count). The molecule has 0 aromatic heterocycles. The van der Waals surface area contributed by atoms with Crippen molar-refractivity contribution in [3.05, 3.63) is 29.6 Å². The second kappa shape index (κ2) is 5.63. The van der Waals surface area contributed by atoms with Crippen LogP contribution in [0.2, 0.25) is 0 Å². The van der Waals surface area contributed by atoms with Crippen LogP contribution in [0.25, 0.3) is 0 Å². The summed E-state index contributed by atoms with van der Waals surface area (Å²) in [6.07, 6.45) is 0.937. The van der Waals surface area contributed by atoms with Crippen LogP contribution in [0.15, 0.2) is 23.2 Å². The van der Waals surface area contributed by atoms with Gasteiger partial charge in [-0.05, 0) is 25.0 Å². The quantitative estimate of drug-likeness (QED) is 0.908. The Labute approximate surface area is 123 Å². The number of amidine groups is 1. The lowest BCUT2D eigenvalue weighted by Gasteiger charge is -2.20. The molecular formula is C14H17FN2O3S. The lowest BCUT2D eigenvalue weighted by Crippen LogP contribution is -2.32. The summed E-state index contributed by atoms with van der Waals surface area (Å²) < 4.78 is 42.9. The van der Waals surface area contributed by atoms with Crippen LogP contribution in [0.3, 0.4) is 0 Å². The van der Waals surface area contributed by atoms with E-state index in [1.807, 2.05) is 0 Å². The van der Waals surface area contributed by atoms with Crippen LogP contribution in [0.5, 0.6) is 5.75 Å². The Kier molecular flexibility index (Phi) is 3.84. The first-order chi connectivity index (χ1) is 10.1. The third kappa shape index (κ3) is 3.18. The molecule has 1 aromatic rings.